The Bertz CT molecular complexity index is 1650. The lowest BCUT2D eigenvalue weighted by molar-refractivity contribution is -0.126. The molecule has 1 atom stereocenters. The highest BCUT2D eigenvalue weighted by atomic mass is 16.5. The van der Waals surface area contributed by atoms with Gasteiger partial charge in [0.1, 0.15) is 18.4 Å². The van der Waals surface area contributed by atoms with Crippen LogP contribution in [0.5, 0.6) is 23.0 Å². The standard InChI is InChI=1S/C37H38N2O6/c1-37(2,3)38-36(41)34(28-18-13-19-30(22-28)45-25-27-16-11-8-12-17-27)39(33(40)21-20-26-14-9-7-10-15-26)29-23-31(42-4)35(44-6)32(24-29)43-5/h7-19,22-24,34H,25H2,1-6H3,(H,38,41). The lowest BCUT2D eigenvalue weighted by Crippen LogP contribution is -2.49. The van der Waals surface area contributed by atoms with Crippen LogP contribution in [-0.4, -0.2) is 38.7 Å². The van der Waals surface area contributed by atoms with E-state index in [2.05, 4.69) is 17.2 Å². The molecule has 1 unspecified atom stereocenters. The number of anilines is 1. The molecule has 0 aliphatic heterocycles. The predicted molar refractivity (Wildman–Crippen MR) is 175 cm³/mol. The summed E-state index contributed by atoms with van der Waals surface area (Å²) in [5.41, 5.74) is 1.89. The quantitative estimate of drug-likeness (QED) is 0.212. The summed E-state index contributed by atoms with van der Waals surface area (Å²) in [6.45, 7) is 5.97. The van der Waals surface area contributed by atoms with Gasteiger partial charge in [0, 0.05) is 29.2 Å². The second-order valence-electron chi connectivity index (χ2n) is 11.2. The number of amides is 2. The second kappa shape index (κ2) is 14.8. The number of rotatable bonds is 10. The molecule has 8 heteroatoms. The molecule has 0 radical (unpaired) electrons. The fourth-order valence-electron chi connectivity index (χ4n) is 4.67. The maximum Gasteiger partial charge on any atom is 0.304 e. The molecule has 0 spiro atoms. The smallest absolute Gasteiger partial charge is 0.304 e. The van der Waals surface area contributed by atoms with Crippen LogP contribution in [0.25, 0.3) is 0 Å². The van der Waals surface area contributed by atoms with Crippen LogP contribution in [0, 0.1) is 11.8 Å². The molecule has 0 fully saturated rings. The van der Waals surface area contributed by atoms with E-state index in [1.165, 1.54) is 26.2 Å². The van der Waals surface area contributed by atoms with Crippen LogP contribution in [0.2, 0.25) is 0 Å². The highest BCUT2D eigenvalue weighted by molar-refractivity contribution is 6.10. The maximum absolute atomic E-state index is 14.2. The van der Waals surface area contributed by atoms with Gasteiger partial charge >= 0.3 is 5.91 Å². The molecule has 2 amide bonds. The van der Waals surface area contributed by atoms with Crippen molar-refractivity contribution in [1.82, 2.24) is 5.32 Å². The Labute approximate surface area is 264 Å². The SMILES string of the molecule is COc1cc(N(C(=O)C#Cc2ccccc2)C(C(=O)NC(C)(C)C)c2cccc(OCc3ccccc3)c2)cc(OC)c1OC. The number of carbonyl (C=O) groups is 2. The van der Waals surface area contributed by atoms with Crippen molar-refractivity contribution in [3.63, 3.8) is 0 Å². The molecule has 0 aliphatic rings. The maximum atomic E-state index is 14.2. The first-order valence-corrected chi connectivity index (χ1v) is 14.4. The molecule has 1 N–H and O–H groups in total. The van der Waals surface area contributed by atoms with Crippen LogP contribution in [0.3, 0.4) is 0 Å². The van der Waals surface area contributed by atoms with Crippen molar-refractivity contribution < 1.29 is 28.5 Å². The fourth-order valence-corrected chi connectivity index (χ4v) is 4.67. The van der Waals surface area contributed by atoms with Crippen LogP contribution in [0.1, 0.15) is 43.5 Å². The number of ether oxygens (including phenoxy) is 4. The summed E-state index contributed by atoms with van der Waals surface area (Å²) >= 11 is 0. The Hall–Kier alpha value is -5.42. The van der Waals surface area contributed by atoms with Gasteiger partial charge in [-0.1, -0.05) is 66.6 Å². The van der Waals surface area contributed by atoms with E-state index in [4.69, 9.17) is 18.9 Å². The predicted octanol–water partition coefficient (Wildman–Crippen LogP) is 6.33. The van der Waals surface area contributed by atoms with Crippen molar-refractivity contribution in [3.8, 4) is 34.8 Å². The van der Waals surface area contributed by atoms with E-state index in [0.717, 1.165) is 5.56 Å². The largest absolute Gasteiger partial charge is 0.493 e. The van der Waals surface area contributed by atoms with E-state index in [-0.39, 0.29) is 0 Å². The normalized spacial score (nSPS) is 11.3. The molecule has 0 heterocycles. The van der Waals surface area contributed by atoms with Gasteiger partial charge in [-0.25, -0.2) is 0 Å². The number of nitrogens with zero attached hydrogens (tertiary/aromatic N) is 1. The highest BCUT2D eigenvalue weighted by Crippen LogP contribution is 2.43. The van der Waals surface area contributed by atoms with Crippen LogP contribution < -0.4 is 29.2 Å². The first-order valence-electron chi connectivity index (χ1n) is 14.4. The second-order valence-corrected chi connectivity index (χ2v) is 11.2. The molecule has 4 aromatic carbocycles. The van der Waals surface area contributed by atoms with Crippen LogP contribution in [-0.2, 0) is 16.2 Å². The lowest BCUT2D eigenvalue weighted by Gasteiger charge is -2.33. The third kappa shape index (κ3) is 8.58. The van der Waals surface area contributed by atoms with Crippen molar-refractivity contribution in [1.29, 1.82) is 0 Å². The third-order valence-corrected chi connectivity index (χ3v) is 6.66. The minimum Gasteiger partial charge on any atom is -0.493 e. The van der Waals surface area contributed by atoms with Crippen molar-refractivity contribution in [2.45, 2.75) is 39.0 Å². The van der Waals surface area contributed by atoms with Gasteiger partial charge in [-0.15, -0.1) is 0 Å². The van der Waals surface area contributed by atoms with E-state index in [0.29, 0.717) is 46.4 Å². The van der Waals surface area contributed by atoms with Crippen molar-refractivity contribution in [2.75, 3.05) is 26.2 Å². The van der Waals surface area contributed by atoms with Crippen LogP contribution in [0.4, 0.5) is 5.69 Å². The molecule has 45 heavy (non-hydrogen) atoms. The van der Waals surface area contributed by atoms with Gasteiger partial charge in [0.2, 0.25) is 11.7 Å². The fraction of sp³-hybridized carbons (Fsp3) is 0.243. The number of benzene rings is 4. The molecule has 4 rings (SSSR count). The summed E-state index contributed by atoms with van der Waals surface area (Å²) < 4.78 is 22.8. The van der Waals surface area contributed by atoms with Crippen LogP contribution >= 0.6 is 0 Å². The van der Waals surface area contributed by atoms with E-state index < -0.39 is 23.4 Å². The molecule has 8 nitrogen and oxygen atoms in total. The average molecular weight is 607 g/mol. The average Bonchev–Trinajstić information content (AvgIpc) is 3.04. The molecule has 0 aliphatic carbocycles. The monoisotopic (exact) mass is 606 g/mol. The van der Waals surface area contributed by atoms with E-state index >= 15 is 0 Å². The minimum absolute atomic E-state index is 0.315. The first-order chi connectivity index (χ1) is 21.6. The molecular weight excluding hydrogens is 568 g/mol. The zero-order chi connectivity index (χ0) is 32.4. The molecular formula is C37H38N2O6. The zero-order valence-electron chi connectivity index (χ0n) is 26.4. The minimum atomic E-state index is -1.15. The van der Waals surface area contributed by atoms with Gasteiger partial charge in [-0.05, 0) is 56.2 Å². The Morgan fingerprint density at radius 3 is 2.00 bits per heavy atom. The number of methoxy groups -OCH3 is 3. The zero-order valence-corrected chi connectivity index (χ0v) is 26.4. The van der Waals surface area contributed by atoms with E-state index in [1.54, 1.807) is 42.5 Å². The number of carbonyl (C=O) groups excluding carboxylic acids is 2. The number of nitrogens with one attached hydrogen (secondary N) is 1. The van der Waals surface area contributed by atoms with E-state index in [1.807, 2.05) is 75.4 Å². The Kier molecular flexibility index (Phi) is 10.7. The topological polar surface area (TPSA) is 86.3 Å². The van der Waals surface area contributed by atoms with Gasteiger partial charge in [0.25, 0.3) is 0 Å². The highest BCUT2D eigenvalue weighted by Gasteiger charge is 2.35. The summed E-state index contributed by atoms with van der Waals surface area (Å²) in [4.78, 5) is 29.7. The van der Waals surface area contributed by atoms with Gasteiger partial charge in [0.05, 0.1) is 27.0 Å². The summed E-state index contributed by atoms with van der Waals surface area (Å²) in [6, 6.07) is 28.2. The lowest BCUT2D eigenvalue weighted by atomic mass is 10.00. The van der Waals surface area contributed by atoms with E-state index in [9.17, 15) is 9.59 Å². The summed E-state index contributed by atoms with van der Waals surface area (Å²) in [5, 5.41) is 3.04. The summed E-state index contributed by atoms with van der Waals surface area (Å²) in [5.74, 6) is 6.17. The van der Waals surface area contributed by atoms with Crippen molar-refractivity contribution in [2.24, 2.45) is 0 Å². The van der Waals surface area contributed by atoms with Crippen molar-refractivity contribution in [3.05, 3.63) is 114 Å². The van der Waals surface area contributed by atoms with Gasteiger partial charge in [-0.3, -0.25) is 14.5 Å². The molecule has 232 valence electrons. The Morgan fingerprint density at radius 2 is 1.42 bits per heavy atom. The number of hydrogen-bond donors (Lipinski definition) is 1. The molecule has 4 aromatic rings. The summed E-state index contributed by atoms with van der Waals surface area (Å²) in [7, 11) is 4.47. The molecule has 0 saturated carbocycles. The summed E-state index contributed by atoms with van der Waals surface area (Å²) in [6.07, 6.45) is 0. The molecule has 0 saturated heterocycles. The third-order valence-electron chi connectivity index (χ3n) is 6.66. The van der Waals surface area contributed by atoms with Gasteiger partial charge < -0.3 is 24.3 Å². The molecule has 0 bridgehead atoms. The first kappa shape index (κ1) is 32.5. The van der Waals surface area contributed by atoms with Gasteiger partial charge in [-0.2, -0.15) is 0 Å². The Morgan fingerprint density at radius 1 is 0.800 bits per heavy atom. The van der Waals surface area contributed by atoms with Crippen molar-refractivity contribution >= 4 is 17.5 Å². The van der Waals surface area contributed by atoms with Gasteiger partial charge in [0.15, 0.2) is 11.5 Å². The van der Waals surface area contributed by atoms with Crippen LogP contribution in [0.15, 0.2) is 97.1 Å². The Balaban J connectivity index is 1.88. The number of hydrogen-bond acceptors (Lipinski definition) is 6. The molecule has 0 aromatic heterocycles.